The number of methoxy groups -OCH3 is 1. The molecule has 0 amide bonds. The zero-order valence-electron chi connectivity index (χ0n) is 14.2. The summed E-state index contributed by atoms with van der Waals surface area (Å²) in [4.78, 5) is 15.7. The summed E-state index contributed by atoms with van der Waals surface area (Å²) in [6.45, 7) is 2.49. The van der Waals surface area contributed by atoms with E-state index < -0.39 is 16.0 Å². The third-order valence-electron chi connectivity index (χ3n) is 3.40. The van der Waals surface area contributed by atoms with Gasteiger partial charge in [-0.15, -0.1) is 0 Å². The minimum Gasteiger partial charge on any atom is -0.469 e. The lowest BCUT2D eigenvalue weighted by atomic mass is 10.1. The predicted octanol–water partition coefficient (Wildman–Crippen LogP) is 1.50. The van der Waals surface area contributed by atoms with Crippen LogP contribution in [-0.4, -0.2) is 39.6 Å². The molecule has 0 aliphatic rings. The van der Waals surface area contributed by atoms with Gasteiger partial charge < -0.3 is 10.1 Å². The Balaban J connectivity index is 1.92. The lowest BCUT2D eigenvalue weighted by Gasteiger charge is -2.09. The summed E-state index contributed by atoms with van der Waals surface area (Å²) in [7, 11) is -2.36. The molecule has 0 spiro atoms. The zero-order valence-corrected chi connectivity index (χ0v) is 15.0. The van der Waals surface area contributed by atoms with E-state index in [9.17, 15) is 13.2 Å². The first-order valence-electron chi connectivity index (χ1n) is 7.73. The zero-order chi connectivity index (χ0) is 18.3. The van der Waals surface area contributed by atoms with E-state index in [-0.39, 0.29) is 17.9 Å². The molecule has 7 nitrogen and oxygen atoms in total. The number of carbonyl (C=O) groups is 1. The molecule has 1 aromatic carbocycles. The molecule has 0 radical (unpaired) electrons. The standard InChI is InChI=1S/C17H21N3O4S/c1-13-5-3-8-16(20-13)18-9-10-19-25(22,23)15-7-4-6-14(11-15)12-17(21)24-2/h3-8,11,19H,9-10,12H2,1-2H3,(H,18,20). The first-order valence-corrected chi connectivity index (χ1v) is 9.22. The summed E-state index contributed by atoms with van der Waals surface area (Å²) < 4.78 is 31.8. The van der Waals surface area contributed by atoms with Crippen LogP contribution in [0.25, 0.3) is 0 Å². The number of aromatic nitrogens is 1. The van der Waals surface area contributed by atoms with Gasteiger partial charge in [0.05, 0.1) is 18.4 Å². The van der Waals surface area contributed by atoms with Crippen LogP contribution >= 0.6 is 0 Å². The van der Waals surface area contributed by atoms with Crippen LogP contribution in [-0.2, 0) is 26.0 Å². The second-order valence-corrected chi connectivity index (χ2v) is 7.16. The van der Waals surface area contributed by atoms with Gasteiger partial charge in [-0.1, -0.05) is 18.2 Å². The number of anilines is 1. The van der Waals surface area contributed by atoms with Crippen LogP contribution < -0.4 is 10.0 Å². The SMILES string of the molecule is COC(=O)Cc1cccc(S(=O)(=O)NCCNc2cccc(C)n2)c1. The number of ether oxygens (including phenoxy) is 1. The molecular weight excluding hydrogens is 342 g/mol. The molecule has 0 atom stereocenters. The maximum absolute atomic E-state index is 12.3. The molecule has 1 aromatic heterocycles. The van der Waals surface area contributed by atoms with Crippen molar-refractivity contribution in [3.63, 3.8) is 0 Å². The minimum atomic E-state index is -3.65. The molecule has 0 aliphatic carbocycles. The Bertz CT molecular complexity index is 837. The number of nitrogens with zero attached hydrogens (tertiary/aromatic N) is 1. The van der Waals surface area contributed by atoms with Crippen LogP contribution in [0.4, 0.5) is 5.82 Å². The average molecular weight is 363 g/mol. The van der Waals surface area contributed by atoms with E-state index in [0.717, 1.165) is 5.69 Å². The van der Waals surface area contributed by atoms with Gasteiger partial charge in [0.15, 0.2) is 0 Å². The molecule has 0 saturated heterocycles. The lowest BCUT2D eigenvalue weighted by molar-refractivity contribution is -0.139. The Kier molecular flexibility index (Phi) is 6.49. The van der Waals surface area contributed by atoms with Gasteiger partial charge >= 0.3 is 5.97 Å². The first kappa shape index (κ1) is 18.9. The molecule has 2 rings (SSSR count). The minimum absolute atomic E-state index is 0.0282. The number of rotatable bonds is 8. The fourth-order valence-electron chi connectivity index (χ4n) is 2.16. The number of sulfonamides is 1. The molecule has 0 saturated carbocycles. The first-order chi connectivity index (χ1) is 11.9. The molecular formula is C17H21N3O4S. The van der Waals surface area contributed by atoms with Crippen molar-refractivity contribution in [1.29, 1.82) is 0 Å². The van der Waals surface area contributed by atoms with Crippen LogP contribution in [0.2, 0.25) is 0 Å². The van der Waals surface area contributed by atoms with Gasteiger partial charge in [0.25, 0.3) is 0 Å². The highest BCUT2D eigenvalue weighted by Crippen LogP contribution is 2.12. The van der Waals surface area contributed by atoms with E-state index in [4.69, 9.17) is 0 Å². The van der Waals surface area contributed by atoms with E-state index in [0.29, 0.717) is 17.9 Å². The number of hydrogen-bond donors (Lipinski definition) is 2. The number of carbonyl (C=O) groups excluding carboxylic acids is 1. The van der Waals surface area contributed by atoms with Crippen LogP contribution in [0, 0.1) is 6.92 Å². The van der Waals surface area contributed by atoms with E-state index in [2.05, 4.69) is 19.8 Å². The van der Waals surface area contributed by atoms with Crippen molar-refractivity contribution in [1.82, 2.24) is 9.71 Å². The number of aryl methyl sites for hydroxylation is 1. The highest BCUT2D eigenvalue weighted by atomic mass is 32.2. The molecule has 2 aromatic rings. The lowest BCUT2D eigenvalue weighted by Crippen LogP contribution is -2.29. The highest BCUT2D eigenvalue weighted by molar-refractivity contribution is 7.89. The Morgan fingerprint density at radius 3 is 2.64 bits per heavy atom. The summed E-state index contributed by atoms with van der Waals surface area (Å²) in [5.41, 5.74) is 1.46. The van der Waals surface area contributed by atoms with Crippen molar-refractivity contribution >= 4 is 21.8 Å². The maximum atomic E-state index is 12.3. The van der Waals surface area contributed by atoms with Gasteiger partial charge in [0.2, 0.25) is 10.0 Å². The second-order valence-electron chi connectivity index (χ2n) is 5.39. The van der Waals surface area contributed by atoms with Crippen molar-refractivity contribution in [2.24, 2.45) is 0 Å². The fourth-order valence-corrected chi connectivity index (χ4v) is 3.26. The van der Waals surface area contributed by atoms with E-state index in [1.54, 1.807) is 12.1 Å². The van der Waals surface area contributed by atoms with Crippen LogP contribution in [0.1, 0.15) is 11.3 Å². The molecule has 8 heteroatoms. The van der Waals surface area contributed by atoms with E-state index in [1.165, 1.54) is 19.2 Å². The van der Waals surface area contributed by atoms with E-state index in [1.807, 2.05) is 25.1 Å². The Labute approximate surface area is 147 Å². The molecule has 0 fully saturated rings. The summed E-state index contributed by atoms with van der Waals surface area (Å²) in [6, 6.07) is 11.8. The van der Waals surface area contributed by atoms with Crippen molar-refractivity contribution < 1.29 is 17.9 Å². The largest absolute Gasteiger partial charge is 0.469 e. The molecule has 134 valence electrons. The fraction of sp³-hybridized carbons (Fsp3) is 0.294. The molecule has 0 aliphatic heterocycles. The quantitative estimate of drug-likeness (QED) is 0.545. The van der Waals surface area contributed by atoms with Gasteiger partial charge in [-0.05, 0) is 36.8 Å². The molecule has 0 bridgehead atoms. The third kappa shape index (κ3) is 5.84. The van der Waals surface area contributed by atoms with Crippen LogP contribution in [0.3, 0.4) is 0 Å². The van der Waals surface area contributed by atoms with Crippen molar-refractivity contribution in [3.8, 4) is 0 Å². The van der Waals surface area contributed by atoms with Crippen molar-refractivity contribution in [2.75, 3.05) is 25.5 Å². The Hall–Kier alpha value is -2.45. The average Bonchev–Trinajstić information content (AvgIpc) is 2.59. The topological polar surface area (TPSA) is 97.4 Å². The normalized spacial score (nSPS) is 11.1. The van der Waals surface area contributed by atoms with Gasteiger partial charge in [-0.3, -0.25) is 4.79 Å². The number of hydrogen-bond acceptors (Lipinski definition) is 6. The smallest absolute Gasteiger partial charge is 0.309 e. The summed E-state index contributed by atoms with van der Waals surface area (Å²) in [5.74, 6) is 0.275. The highest BCUT2D eigenvalue weighted by Gasteiger charge is 2.14. The van der Waals surface area contributed by atoms with Crippen molar-refractivity contribution in [3.05, 3.63) is 53.7 Å². The monoisotopic (exact) mass is 363 g/mol. The number of benzene rings is 1. The Morgan fingerprint density at radius 1 is 1.16 bits per heavy atom. The third-order valence-corrected chi connectivity index (χ3v) is 4.86. The van der Waals surface area contributed by atoms with E-state index >= 15 is 0 Å². The molecule has 1 heterocycles. The molecule has 2 N–H and O–H groups in total. The summed E-state index contributed by atoms with van der Waals surface area (Å²) >= 11 is 0. The second kappa shape index (κ2) is 8.59. The Morgan fingerprint density at radius 2 is 1.92 bits per heavy atom. The number of pyridine rings is 1. The summed E-state index contributed by atoms with van der Waals surface area (Å²) in [5, 5.41) is 3.06. The van der Waals surface area contributed by atoms with Gasteiger partial charge in [0.1, 0.15) is 5.82 Å². The van der Waals surface area contributed by atoms with Crippen molar-refractivity contribution in [2.45, 2.75) is 18.2 Å². The van der Waals surface area contributed by atoms with Crippen LogP contribution in [0.5, 0.6) is 0 Å². The predicted molar refractivity (Wildman–Crippen MR) is 94.8 cm³/mol. The number of nitrogens with one attached hydrogen (secondary N) is 2. The van der Waals surface area contributed by atoms with Crippen LogP contribution in [0.15, 0.2) is 47.4 Å². The number of esters is 1. The molecule has 25 heavy (non-hydrogen) atoms. The molecule has 0 unspecified atom stereocenters. The van der Waals surface area contributed by atoms with Gasteiger partial charge in [0, 0.05) is 18.8 Å². The van der Waals surface area contributed by atoms with Gasteiger partial charge in [-0.2, -0.15) is 0 Å². The maximum Gasteiger partial charge on any atom is 0.309 e. The summed E-state index contributed by atoms with van der Waals surface area (Å²) in [6.07, 6.45) is 0.0282. The van der Waals surface area contributed by atoms with Gasteiger partial charge in [-0.25, -0.2) is 18.1 Å².